The molecule has 1 aromatic heterocycles. The number of hydrogen-bond donors (Lipinski definition) is 1. The zero-order chi connectivity index (χ0) is 16.4. The van der Waals surface area contributed by atoms with E-state index in [9.17, 15) is 4.79 Å². The molecule has 23 heavy (non-hydrogen) atoms. The number of carbonyl (C=O) groups excluding carboxylic acids is 1. The van der Waals surface area contributed by atoms with Crippen molar-refractivity contribution in [2.75, 3.05) is 0 Å². The molecule has 0 unspecified atom stereocenters. The molecule has 0 atom stereocenters. The van der Waals surface area contributed by atoms with Gasteiger partial charge in [-0.05, 0) is 37.6 Å². The number of thiocarbonyl (C=S) groups is 1. The van der Waals surface area contributed by atoms with E-state index in [0.29, 0.717) is 15.8 Å². The maximum atomic E-state index is 11.6. The Morgan fingerprint density at radius 1 is 1.35 bits per heavy atom. The summed E-state index contributed by atoms with van der Waals surface area (Å²) in [6.45, 7) is 4.16. The third-order valence-electron chi connectivity index (χ3n) is 3.38. The van der Waals surface area contributed by atoms with Crippen molar-refractivity contribution in [3.8, 4) is 5.75 Å². The minimum Gasteiger partial charge on any atom is -0.489 e. The van der Waals surface area contributed by atoms with Crippen LogP contribution in [-0.4, -0.2) is 15.4 Å². The van der Waals surface area contributed by atoms with Crippen LogP contribution >= 0.6 is 24.0 Å². The van der Waals surface area contributed by atoms with Crippen LogP contribution in [0.2, 0.25) is 0 Å². The molecule has 0 radical (unpaired) electrons. The lowest BCUT2D eigenvalue weighted by atomic mass is 10.2. The van der Waals surface area contributed by atoms with E-state index in [-0.39, 0.29) is 5.91 Å². The zero-order valence-corrected chi connectivity index (χ0v) is 14.2. The summed E-state index contributed by atoms with van der Waals surface area (Å²) in [5, 5.41) is 6.49. The van der Waals surface area contributed by atoms with Crippen molar-refractivity contribution in [1.29, 1.82) is 0 Å². The molecule has 2 heterocycles. The number of aromatic nitrogens is 1. The van der Waals surface area contributed by atoms with Gasteiger partial charge in [0.25, 0.3) is 5.91 Å². The van der Waals surface area contributed by atoms with Gasteiger partial charge in [0.2, 0.25) is 0 Å². The summed E-state index contributed by atoms with van der Waals surface area (Å²) in [6.07, 6.45) is 1.80. The van der Waals surface area contributed by atoms with Crippen LogP contribution in [0.3, 0.4) is 0 Å². The summed E-state index contributed by atoms with van der Waals surface area (Å²) in [5.74, 6) is 1.36. The second-order valence-corrected chi connectivity index (χ2v) is 6.73. The Bertz CT molecular complexity index is 775. The van der Waals surface area contributed by atoms with Gasteiger partial charge < -0.3 is 14.6 Å². The standard InChI is InChI=1S/C16H14N2O3S2/c1-9-13(10(2)21-18-9)8-20-12-5-3-11(4-6-12)7-14-15(19)17-16(22)23-14/h3-7H,8H2,1-2H3,(H,17,19,22)/b14-7+. The van der Waals surface area contributed by atoms with Crippen molar-refractivity contribution >= 4 is 40.3 Å². The Morgan fingerprint density at radius 2 is 2.09 bits per heavy atom. The molecule has 0 aliphatic carbocycles. The molecule has 7 heteroatoms. The van der Waals surface area contributed by atoms with E-state index in [1.165, 1.54) is 11.8 Å². The molecule has 0 bridgehead atoms. The average Bonchev–Trinajstić information content (AvgIpc) is 3.01. The Morgan fingerprint density at radius 3 is 2.65 bits per heavy atom. The van der Waals surface area contributed by atoms with Gasteiger partial charge in [-0.1, -0.05) is 41.3 Å². The van der Waals surface area contributed by atoms with Crippen molar-refractivity contribution in [2.24, 2.45) is 0 Å². The van der Waals surface area contributed by atoms with Crippen LogP contribution in [-0.2, 0) is 11.4 Å². The summed E-state index contributed by atoms with van der Waals surface area (Å²) in [6, 6.07) is 7.51. The Labute approximate surface area is 143 Å². The van der Waals surface area contributed by atoms with Crippen LogP contribution < -0.4 is 10.1 Å². The molecule has 1 fully saturated rings. The smallest absolute Gasteiger partial charge is 0.263 e. The van der Waals surface area contributed by atoms with Crippen molar-refractivity contribution in [3.05, 3.63) is 51.8 Å². The van der Waals surface area contributed by atoms with Gasteiger partial charge >= 0.3 is 0 Å². The third-order valence-corrected chi connectivity index (χ3v) is 4.55. The molecule has 1 aromatic carbocycles. The quantitative estimate of drug-likeness (QED) is 0.676. The number of benzene rings is 1. The fraction of sp³-hybridized carbons (Fsp3) is 0.188. The van der Waals surface area contributed by atoms with E-state index >= 15 is 0 Å². The highest BCUT2D eigenvalue weighted by Crippen LogP contribution is 2.26. The highest BCUT2D eigenvalue weighted by Gasteiger charge is 2.21. The van der Waals surface area contributed by atoms with E-state index in [1.807, 2.05) is 38.1 Å². The summed E-state index contributed by atoms with van der Waals surface area (Å²) >= 11 is 6.23. The lowest BCUT2D eigenvalue weighted by molar-refractivity contribution is -0.115. The van der Waals surface area contributed by atoms with E-state index in [0.717, 1.165) is 28.3 Å². The number of aryl methyl sites for hydroxylation is 2. The van der Waals surface area contributed by atoms with Gasteiger partial charge in [-0.25, -0.2) is 0 Å². The van der Waals surface area contributed by atoms with Gasteiger partial charge in [0.05, 0.1) is 16.2 Å². The van der Waals surface area contributed by atoms with E-state index in [2.05, 4.69) is 10.5 Å². The summed E-state index contributed by atoms with van der Waals surface area (Å²) in [4.78, 5) is 12.2. The Kier molecular flexibility index (Phi) is 4.49. The van der Waals surface area contributed by atoms with Crippen LogP contribution in [0.25, 0.3) is 6.08 Å². The normalized spacial score (nSPS) is 16.0. The summed E-state index contributed by atoms with van der Waals surface area (Å²) in [7, 11) is 0. The highest BCUT2D eigenvalue weighted by molar-refractivity contribution is 8.26. The molecule has 1 aliphatic rings. The molecule has 1 N–H and O–H groups in total. The predicted molar refractivity (Wildman–Crippen MR) is 93.1 cm³/mol. The number of carbonyl (C=O) groups is 1. The van der Waals surface area contributed by atoms with Crippen LogP contribution in [0.1, 0.15) is 22.6 Å². The van der Waals surface area contributed by atoms with E-state index < -0.39 is 0 Å². The number of rotatable bonds is 4. The van der Waals surface area contributed by atoms with Gasteiger partial charge in [0.1, 0.15) is 22.4 Å². The fourth-order valence-electron chi connectivity index (χ4n) is 2.10. The molecular weight excluding hydrogens is 332 g/mol. The minimum absolute atomic E-state index is 0.154. The first-order valence-corrected chi connectivity index (χ1v) is 8.15. The monoisotopic (exact) mass is 346 g/mol. The van der Waals surface area contributed by atoms with Crippen molar-refractivity contribution in [1.82, 2.24) is 10.5 Å². The summed E-state index contributed by atoms with van der Waals surface area (Å²) in [5.41, 5.74) is 2.71. The number of ether oxygens (including phenoxy) is 1. The predicted octanol–water partition coefficient (Wildman–Crippen LogP) is 3.36. The van der Waals surface area contributed by atoms with Crippen LogP contribution in [0.5, 0.6) is 5.75 Å². The topological polar surface area (TPSA) is 64.4 Å². The zero-order valence-electron chi connectivity index (χ0n) is 12.6. The van der Waals surface area contributed by atoms with Crippen molar-refractivity contribution in [3.63, 3.8) is 0 Å². The molecule has 5 nitrogen and oxygen atoms in total. The number of hydrogen-bond acceptors (Lipinski definition) is 6. The number of nitrogens with one attached hydrogen (secondary N) is 1. The second kappa shape index (κ2) is 6.55. The Hall–Kier alpha value is -2.12. The maximum absolute atomic E-state index is 11.6. The fourth-order valence-corrected chi connectivity index (χ4v) is 3.14. The lowest BCUT2D eigenvalue weighted by Gasteiger charge is -2.06. The lowest BCUT2D eigenvalue weighted by Crippen LogP contribution is -2.17. The first-order chi connectivity index (χ1) is 11.0. The third kappa shape index (κ3) is 3.62. The van der Waals surface area contributed by atoms with Crippen LogP contribution in [0.4, 0.5) is 0 Å². The maximum Gasteiger partial charge on any atom is 0.263 e. The summed E-state index contributed by atoms with van der Waals surface area (Å²) < 4.78 is 11.3. The Balaban J connectivity index is 1.67. The number of amides is 1. The van der Waals surface area contributed by atoms with Crippen molar-refractivity contribution < 1.29 is 14.1 Å². The average molecular weight is 346 g/mol. The molecule has 0 saturated carbocycles. The molecule has 1 amide bonds. The first kappa shape index (κ1) is 15.8. The minimum atomic E-state index is -0.154. The largest absolute Gasteiger partial charge is 0.489 e. The van der Waals surface area contributed by atoms with Gasteiger partial charge in [0, 0.05) is 0 Å². The van der Waals surface area contributed by atoms with Gasteiger partial charge in [-0.15, -0.1) is 0 Å². The van der Waals surface area contributed by atoms with Crippen LogP contribution in [0, 0.1) is 13.8 Å². The molecule has 1 aliphatic heterocycles. The number of thioether (sulfide) groups is 1. The molecule has 3 rings (SSSR count). The van der Waals surface area contributed by atoms with Crippen LogP contribution in [0.15, 0.2) is 33.7 Å². The van der Waals surface area contributed by atoms with Crippen molar-refractivity contribution in [2.45, 2.75) is 20.5 Å². The van der Waals surface area contributed by atoms with E-state index in [1.54, 1.807) is 6.08 Å². The first-order valence-electron chi connectivity index (χ1n) is 6.92. The molecular formula is C16H14N2O3S2. The molecule has 118 valence electrons. The van der Waals surface area contributed by atoms with Gasteiger partial charge in [-0.3, -0.25) is 4.79 Å². The SMILES string of the molecule is Cc1noc(C)c1COc1ccc(/C=C2/SC(=S)NC2=O)cc1. The molecule has 0 spiro atoms. The van der Waals surface area contributed by atoms with Gasteiger partial charge in [-0.2, -0.15) is 0 Å². The van der Waals surface area contributed by atoms with E-state index in [4.69, 9.17) is 21.5 Å². The highest BCUT2D eigenvalue weighted by atomic mass is 32.2. The molecule has 2 aromatic rings. The van der Waals surface area contributed by atoms with Gasteiger partial charge in [0.15, 0.2) is 0 Å². The molecule has 1 saturated heterocycles. The second-order valence-electron chi connectivity index (χ2n) is 5.01. The number of nitrogens with zero attached hydrogens (tertiary/aromatic N) is 1.